The van der Waals surface area contributed by atoms with Gasteiger partial charge in [-0.3, -0.25) is 0 Å². The molecule has 3 nitrogen and oxygen atoms in total. The highest BCUT2D eigenvalue weighted by Gasteiger charge is 2.06. The zero-order valence-electron chi connectivity index (χ0n) is 11.3. The molecule has 96 valence electrons. The van der Waals surface area contributed by atoms with E-state index in [0.29, 0.717) is 6.54 Å². The van der Waals surface area contributed by atoms with E-state index in [4.69, 9.17) is 4.42 Å². The summed E-state index contributed by atoms with van der Waals surface area (Å²) < 4.78 is 5.74. The molecule has 2 rings (SSSR count). The summed E-state index contributed by atoms with van der Waals surface area (Å²) >= 11 is 0. The molecule has 0 aliphatic rings. The molecule has 18 heavy (non-hydrogen) atoms. The van der Waals surface area contributed by atoms with Gasteiger partial charge in [-0.2, -0.15) is 0 Å². The van der Waals surface area contributed by atoms with Crippen molar-refractivity contribution >= 4 is 0 Å². The van der Waals surface area contributed by atoms with E-state index in [2.05, 4.69) is 49.3 Å². The highest BCUT2D eigenvalue weighted by molar-refractivity contribution is 5.58. The van der Waals surface area contributed by atoms with Gasteiger partial charge in [0.15, 0.2) is 5.76 Å². The van der Waals surface area contributed by atoms with Crippen LogP contribution in [-0.2, 0) is 6.54 Å². The number of hydrogen-bond acceptors (Lipinski definition) is 3. The lowest BCUT2D eigenvalue weighted by molar-refractivity contribution is 0.478. The van der Waals surface area contributed by atoms with Gasteiger partial charge in [0, 0.05) is 5.56 Å². The Labute approximate surface area is 108 Å². The molecule has 0 radical (unpaired) electrons. The summed E-state index contributed by atoms with van der Waals surface area (Å²) in [5, 5.41) is 3.28. The third-order valence-electron chi connectivity index (χ3n) is 3.05. The molecule has 0 aliphatic carbocycles. The number of benzene rings is 1. The Hall–Kier alpha value is -1.61. The lowest BCUT2D eigenvalue weighted by atomic mass is 10.1. The lowest BCUT2D eigenvalue weighted by Crippen LogP contribution is -2.13. The van der Waals surface area contributed by atoms with Crippen molar-refractivity contribution in [2.24, 2.45) is 0 Å². The van der Waals surface area contributed by atoms with Crippen molar-refractivity contribution in [3.63, 3.8) is 0 Å². The number of nitrogens with one attached hydrogen (secondary N) is 1. The summed E-state index contributed by atoms with van der Waals surface area (Å²) in [4.78, 5) is 4.29. The molecule has 3 heteroatoms. The van der Waals surface area contributed by atoms with Crippen LogP contribution in [0.15, 0.2) is 28.8 Å². The van der Waals surface area contributed by atoms with E-state index in [1.165, 1.54) is 11.1 Å². The monoisotopic (exact) mass is 244 g/mol. The molecule has 0 unspecified atom stereocenters. The zero-order chi connectivity index (χ0) is 13.0. The summed E-state index contributed by atoms with van der Waals surface area (Å²) in [6.07, 6.45) is 2.91. The van der Waals surface area contributed by atoms with Crippen molar-refractivity contribution in [2.45, 2.75) is 33.7 Å². The molecular weight excluding hydrogens is 224 g/mol. The van der Waals surface area contributed by atoms with Crippen molar-refractivity contribution in [3.8, 4) is 11.3 Å². The predicted octanol–water partition coefficient (Wildman–Crippen LogP) is 3.46. The van der Waals surface area contributed by atoms with Crippen molar-refractivity contribution < 1.29 is 4.42 Å². The average Bonchev–Trinajstić information content (AvgIpc) is 2.82. The van der Waals surface area contributed by atoms with Crippen LogP contribution in [0.5, 0.6) is 0 Å². The second-order valence-electron chi connectivity index (χ2n) is 4.59. The van der Waals surface area contributed by atoms with Gasteiger partial charge in [-0.05, 0) is 44.0 Å². The molecule has 1 aromatic heterocycles. The number of hydrogen-bond donors (Lipinski definition) is 1. The van der Waals surface area contributed by atoms with Crippen LogP contribution >= 0.6 is 0 Å². The molecular formula is C15H20N2O. The van der Waals surface area contributed by atoms with Gasteiger partial charge in [0.25, 0.3) is 0 Å². The first-order chi connectivity index (χ1) is 8.70. The lowest BCUT2D eigenvalue weighted by Gasteiger charge is -2.02. The van der Waals surface area contributed by atoms with E-state index in [0.717, 1.165) is 30.2 Å². The van der Waals surface area contributed by atoms with Gasteiger partial charge in [-0.15, -0.1) is 0 Å². The minimum atomic E-state index is 0.693. The van der Waals surface area contributed by atoms with Gasteiger partial charge in [-0.25, -0.2) is 4.98 Å². The maximum Gasteiger partial charge on any atom is 0.208 e. The van der Waals surface area contributed by atoms with Crippen LogP contribution in [0.3, 0.4) is 0 Å². The number of rotatable bonds is 5. The molecule has 0 saturated heterocycles. The Balaban J connectivity index is 2.11. The van der Waals surface area contributed by atoms with Gasteiger partial charge in [0.1, 0.15) is 0 Å². The Morgan fingerprint density at radius 2 is 2.06 bits per heavy atom. The molecule has 2 aromatic rings. The third-order valence-corrected chi connectivity index (χ3v) is 3.05. The van der Waals surface area contributed by atoms with Crippen molar-refractivity contribution in [1.29, 1.82) is 0 Å². The number of aromatic nitrogens is 1. The second-order valence-corrected chi connectivity index (χ2v) is 4.59. The van der Waals surface area contributed by atoms with Gasteiger partial charge in [-0.1, -0.05) is 19.1 Å². The summed E-state index contributed by atoms with van der Waals surface area (Å²) in [7, 11) is 0. The topological polar surface area (TPSA) is 38.1 Å². The standard InChI is InChI=1S/C15H20N2O/c1-4-7-16-10-15-17-9-14(18-15)13-6-5-11(2)12(3)8-13/h5-6,8-9,16H,4,7,10H2,1-3H3. The molecule has 0 aliphatic heterocycles. The number of oxazole rings is 1. The summed E-state index contributed by atoms with van der Waals surface area (Å²) in [6.45, 7) is 8.04. The average molecular weight is 244 g/mol. The van der Waals surface area contributed by atoms with E-state index in [-0.39, 0.29) is 0 Å². The van der Waals surface area contributed by atoms with Crippen LogP contribution in [0.1, 0.15) is 30.4 Å². The number of nitrogens with zero attached hydrogens (tertiary/aromatic N) is 1. The fourth-order valence-corrected chi connectivity index (χ4v) is 1.79. The Morgan fingerprint density at radius 3 is 2.78 bits per heavy atom. The normalized spacial score (nSPS) is 10.8. The second kappa shape index (κ2) is 5.83. The van der Waals surface area contributed by atoms with Crippen LogP contribution < -0.4 is 5.32 Å². The molecule has 1 N–H and O–H groups in total. The summed E-state index contributed by atoms with van der Waals surface area (Å²) in [6, 6.07) is 6.33. The van der Waals surface area contributed by atoms with E-state index < -0.39 is 0 Å². The van der Waals surface area contributed by atoms with Crippen molar-refractivity contribution in [3.05, 3.63) is 41.4 Å². The Morgan fingerprint density at radius 1 is 1.22 bits per heavy atom. The minimum Gasteiger partial charge on any atom is -0.439 e. The van der Waals surface area contributed by atoms with Gasteiger partial charge < -0.3 is 9.73 Å². The van der Waals surface area contributed by atoms with Crippen LogP contribution in [0, 0.1) is 13.8 Å². The number of aryl methyl sites for hydroxylation is 2. The largest absolute Gasteiger partial charge is 0.439 e. The maximum absolute atomic E-state index is 5.74. The molecule has 0 fully saturated rings. The fourth-order valence-electron chi connectivity index (χ4n) is 1.79. The zero-order valence-corrected chi connectivity index (χ0v) is 11.3. The fraction of sp³-hybridized carbons (Fsp3) is 0.400. The minimum absolute atomic E-state index is 0.693. The van der Waals surface area contributed by atoms with Gasteiger partial charge >= 0.3 is 0 Å². The van der Waals surface area contributed by atoms with Gasteiger partial charge in [0.2, 0.25) is 5.89 Å². The quantitative estimate of drug-likeness (QED) is 0.818. The molecule has 0 atom stereocenters. The highest BCUT2D eigenvalue weighted by atomic mass is 16.4. The first-order valence-corrected chi connectivity index (χ1v) is 6.43. The molecule has 1 heterocycles. The first-order valence-electron chi connectivity index (χ1n) is 6.43. The van der Waals surface area contributed by atoms with Crippen LogP contribution in [0.2, 0.25) is 0 Å². The Kier molecular flexibility index (Phi) is 4.15. The predicted molar refractivity (Wildman–Crippen MR) is 73.4 cm³/mol. The maximum atomic E-state index is 5.74. The van der Waals surface area contributed by atoms with E-state index >= 15 is 0 Å². The van der Waals surface area contributed by atoms with E-state index in [1.807, 2.05) is 0 Å². The van der Waals surface area contributed by atoms with Gasteiger partial charge in [0.05, 0.1) is 12.7 Å². The van der Waals surface area contributed by atoms with E-state index in [9.17, 15) is 0 Å². The molecule has 0 bridgehead atoms. The smallest absolute Gasteiger partial charge is 0.208 e. The highest BCUT2D eigenvalue weighted by Crippen LogP contribution is 2.22. The molecule has 1 aromatic carbocycles. The molecule has 0 spiro atoms. The van der Waals surface area contributed by atoms with Crippen molar-refractivity contribution in [2.75, 3.05) is 6.54 Å². The Bertz CT molecular complexity index is 517. The molecule has 0 amide bonds. The SMILES string of the molecule is CCCNCc1ncc(-c2ccc(C)c(C)c2)o1. The van der Waals surface area contributed by atoms with Crippen LogP contribution in [0.25, 0.3) is 11.3 Å². The summed E-state index contributed by atoms with van der Waals surface area (Å²) in [5.41, 5.74) is 3.66. The molecule has 0 saturated carbocycles. The third kappa shape index (κ3) is 2.99. The van der Waals surface area contributed by atoms with Crippen molar-refractivity contribution in [1.82, 2.24) is 10.3 Å². The van der Waals surface area contributed by atoms with E-state index in [1.54, 1.807) is 6.20 Å². The van der Waals surface area contributed by atoms with Crippen LogP contribution in [0.4, 0.5) is 0 Å². The summed E-state index contributed by atoms with van der Waals surface area (Å²) in [5.74, 6) is 1.59. The van der Waals surface area contributed by atoms with Crippen LogP contribution in [-0.4, -0.2) is 11.5 Å². The first kappa shape index (κ1) is 12.8.